The molecular formula is C13H22N2S. The van der Waals surface area contributed by atoms with Crippen LogP contribution in [-0.4, -0.2) is 31.6 Å². The van der Waals surface area contributed by atoms with E-state index in [9.17, 15) is 0 Å². The second-order valence-corrected chi connectivity index (χ2v) is 5.65. The topological polar surface area (TPSA) is 15.3 Å². The van der Waals surface area contributed by atoms with Gasteiger partial charge in [-0.05, 0) is 68.2 Å². The molecule has 1 saturated heterocycles. The smallest absolute Gasteiger partial charge is 0.0325 e. The lowest BCUT2D eigenvalue weighted by atomic mass is 9.97. The Morgan fingerprint density at radius 3 is 2.88 bits per heavy atom. The average molecular weight is 238 g/mol. The minimum absolute atomic E-state index is 0.557. The van der Waals surface area contributed by atoms with Crippen molar-refractivity contribution < 1.29 is 0 Å². The molecule has 2 nitrogen and oxygen atoms in total. The Morgan fingerprint density at radius 2 is 2.25 bits per heavy atom. The third-order valence-electron chi connectivity index (χ3n) is 3.69. The SMILES string of the molecule is CC(c1ccsc1)N(C)CC1CCNCC1. The number of hydrogen-bond donors (Lipinski definition) is 1. The molecule has 0 saturated carbocycles. The van der Waals surface area contributed by atoms with E-state index in [0.717, 1.165) is 5.92 Å². The van der Waals surface area contributed by atoms with Gasteiger partial charge in [-0.25, -0.2) is 0 Å². The fraction of sp³-hybridized carbons (Fsp3) is 0.692. The van der Waals surface area contributed by atoms with Crippen LogP contribution in [-0.2, 0) is 0 Å². The summed E-state index contributed by atoms with van der Waals surface area (Å²) in [6.45, 7) is 5.94. The normalized spacial score (nSPS) is 20.2. The molecule has 3 heteroatoms. The van der Waals surface area contributed by atoms with Crippen molar-refractivity contribution in [1.82, 2.24) is 10.2 Å². The third kappa shape index (κ3) is 3.06. The molecule has 0 aliphatic carbocycles. The second-order valence-electron chi connectivity index (χ2n) is 4.87. The standard InChI is InChI=1S/C13H22N2S/c1-11(13-5-8-16-10-13)15(2)9-12-3-6-14-7-4-12/h5,8,10-12,14H,3-4,6-7,9H2,1-2H3. The van der Waals surface area contributed by atoms with Gasteiger partial charge in [0.2, 0.25) is 0 Å². The van der Waals surface area contributed by atoms with Crippen molar-refractivity contribution >= 4 is 11.3 Å². The van der Waals surface area contributed by atoms with Gasteiger partial charge in [0.25, 0.3) is 0 Å². The van der Waals surface area contributed by atoms with Gasteiger partial charge in [0.1, 0.15) is 0 Å². The first-order valence-electron chi connectivity index (χ1n) is 6.20. The Labute approximate surface area is 103 Å². The van der Waals surface area contributed by atoms with Crippen LogP contribution in [0.2, 0.25) is 0 Å². The lowest BCUT2D eigenvalue weighted by Gasteiger charge is -2.31. The van der Waals surface area contributed by atoms with E-state index < -0.39 is 0 Å². The number of rotatable bonds is 4. The van der Waals surface area contributed by atoms with Crippen LogP contribution >= 0.6 is 11.3 Å². The molecule has 16 heavy (non-hydrogen) atoms. The Morgan fingerprint density at radius 1 is 1.50 bits per heavy atom. The monoisotopic (exact) mass is 238 g/mol. The summed E-state index contributed by atoms with van der Waals surface area (Å²) in [5.74, 6) is 0.882. The summed E-state index contributed by atoms with van der Waals surface area (Å²) in [6.07, 6.45) is 2.67. The van der Waals surface area contributed by atoms with Gasteiger partial charge in [0.15, 0.2) is 0 Å². The van der Waals surface area contributed by atoms with Crippen molar-refractivity contribution in [1.29, 1.82) is 0 Å². The highest BCUT2D eigenvalue weighted by molar-refractivity contribution is 7.07. The molecule has 0 spiro atoms. The molecule has 2 heterocycles. The minimum Gasteiger partial charge on any atom is -0.317 e. The number of hydrogen-bond acceptors (Lipinski definition) is 3. The first-order chi connectivity index (χ1) is 7.77. The predicted molar refractivity (Wildman–Crippen MR) is 71.0 cm³/mol. The van der Waals surface area contributed by atoms with E-state index in [1.54, 1.807) is 11.3 Å². The highest BCUT2D eigenvalue weighted by Gasteiger charge is 2.18. The molecule has 0 bridgehead atoms. The van der Waals surface area contributed by atoms with Crippen LogP contribution in [0.4, 0.5) is 0 Å². The summed E-state index contributed by atoms with van der Waals surface area (Å²) in [4.78, 5) is 2.50. The Hall–Kier alpha value is -0.380. The Bertz CT molecular complexity index is 291. The average Bonchev–Trinajstić information content (AvgIpc) is 2.83. The zero-order valence-corrected chi connectivity index (χ0v) is 11.1. The maximum Gasteiger partial charge on any atom is 0.0325 e. The van der Waals surface area contributed by atoms with Crippen LogP contribution in [0.5, 0.6) is 0 Å². The number of nitrogens with zero attached hydrogens (tertiary/aromatic N) is 1. The molecule has 1 aromatic rings. The highest BCUT2D eigenvalue weighted by Crippen LogP contribution is 2.23. The largest absolute Gasteiger partial charge is 0.317 e. The van der Waals surface area contributed by atoms with E-state index in [0.29, 0.717) is 6.04 Å². The number of thiophene rings is 1. The fourth-order valence-corrected chi connectivity index (χ4v) is 3.14. The van der Waals surface area contributed by atoms with Gasteiger partial charge in [-0.3, -0.25) is 4.90 Å². The summed E-state index contributed by atoms with van der Waals surface area (Å²) in [6, 6.07) is 2.80. The Balaban J connectivity index is 1.84. The van der Waals surface area contributed by atoms with Crippen molar-refractivity contribution in [3.63, 3.8) is 0 Å². The molecule has 0 aromatic carbocycles. The fourth-order valence-electron chi connectivity index (χ4n) is 2.40. The first-order valence-corrected chi connectivity index (χ1v) is 7.14. The summed E-state index contributed by atoms with van der Waals surface area (Å²) in [7, 11) is 2.25. The van der Waals surface area contributed by atoms with E-state index in [-0.39, 0.29) is 0 Å². The molecule has 1 aliphatic rings. The van der Waals surface area contributed by atoms with Gasteiger partial charge < -0.3 is 5.32 Å². The van der Waals surface area contributed by atoms with Crippen molar-refractivity contribution in [2.45, 2.75) is 25.8 Å². The van der Waals surface area contributed by atoms with Gasteiger partial charge in [0, 0.05) is 12.6 Å². The summed E-state index contributed by atoms with van der Waals surface area (Å²) in [5.41, 5.74) is 1.46. The molecule has 0 amide bonds. The summed E-state index contributed by atoms with van der Waals surface area (Å²) < 4.78 is 0. The lowest BCUT2D eigenvalue weighted by Crippen LogP contribution is -2.35. The molecule has 90 valence electrons. The maximum absolute atomic E-state index is 3.43. The molecule has 1 unspecified atom stereocenters. The van der Waals surface area contributed by atoms with E-state index in [1.807, 2.05) is 0 Å². The van der Waals surface area contributed by atoms with Gasteiger partial charge in [0.05, 0.1) is 0 Å². The quantitative estimate of drug-likeness (QED) is 0.867. The summed E-state index contributed by atoms with van der Waals surface area (Å²) >= 11 is 1.79. The molecule has 1 aromatic heterocycles. The molecule has 1 fully saturated rings. The van der Waals surface area contributed by atoms with E-state index in [2.05, 4.69) is 41.0 Å². The molecule has 1 aliphatic heterocycles. The second kappa shape index (κ2) is 5.80. The highest BCUT2D eigenvalue weighted by atomic mass is 32.1. The van der Waals surface area contributed by atoms with Gasteiger partial charge in [-0.15, -0.1) is 0 Å². The van der Waals surface area contributed by atoms with Crippen molar-refractivity contribution in [2.24, 2.45) is 5.92 Å². The lowest BCUT2D eigenvalue weighted by molar-refractivity contribution is 0.197. The predicted octanol–water partition coefficient (Wildman–Crippen LogP) is 2.74. The molecule has 0 radical (unpaired) electrons. The maximum atomic E-state index is 3.43. The van der Waals surface area contributed by atoms with Crippen LogP contribution in [0.1, 0.15) is 31.4 Å². The molecular weight excluding hydrogens is 216 g/mol. The zero-order valence-electron chi connectivity index (χ0n) is 10.3. The zero-order chi connectivity index (χ0) is 11.4. The van der Waals surface area contributed by atoms with Crippen LogP contribution in [0.25, 0.3) is 0 Å². The third-order valence-corrected chi connectivity index (χ3v) is 4.39. The number of piperidine rings is 1. The first kappa shape index (κ1) is 12.1. The van der Waals surface area contributed by atoms with Gasteiger partial charge >= 0.3 is 0 Å². The molecule has 1 N–H and O–H groups in total. The molecule has 2 rings (SSSR count). The Kier molecular flexibility index (Phi) is 4.38. The van der Waals surface area contributed by atoms with Crippen molar-refractivity contribution in [2.75, 3.05) is 26.7 Å². The van der Waals surface area contributed by atoms with E-state index >= 15 is 0 Å². The summed E-state index contributed by atoms with van der Waals surface area (Å²) in [5, 5.41) is 7.87. The van der Waals surface area contributed by atoms with Crippen LogP contribution in [0, 0.1) is 5.92 Å². The van der Waals surface area contributed by atoms with Gasteiger partial charge in [-0.1, -0.05) is 0 Å². The van der Waals surface area contributed by atoms with E-state index in [1.165, 1.54) is 38.0 Å². The van der Waals surface area contributed by atoms with E-state index in [4.69, 9.17) is 0 Å². The minimum atomic E-state index is 0.557. The van der Waals surface area contributed by atoms with Crippen molar-refractivity contribution in [3.8, 4) is 0 Å². The van der Waals surface area contributed by atoms with Crippen LogP contribution < -0.4 is 5.32 Å². The molecule has 1 atom stereocenters. The van der Waals surface area contributed by atoms with Gasteiger partial charge in [-0.2, -0.15) is 11.3 Å². The van der Waals surface area contributed by atoms with Crippen molar-refractivity contribution in [3.05, 3.63) is 22.4 Å². The number of nitrogens with one attached hydrogen (secondary N) is 1. The van der Waals surface area contributed by atoms with Crippen LogP contribution in [0.3, 0.4) is 0 Å². The van der Waals surface area contributed by atoms with Crippen LogP contribution in [0.15, 0.2) is 16.8 Å².